The first kappa shape index (κ1) is 17.3. The van der Waals surface area contributed by atoms with Crippen LogP contribution in [0.1, 0.15) is 36.9 Å². The molecule has 0 unspecified atom stereocenters. The number of urea groups is 1. The summed E-state index contributed by atoms with van der Waals surface area (Å²) < 4.78 is 7.05. The van der Waals surface area contributed by atoms with Crippen LogP contribution in [0.5, 0.6) is 0 Å². The molecule has 0 spiro atoms. The number of piperidine rings is 1. The summed E-state index contributed by atoms with van der Waals surface area (Å²) in [4.78, 5) is 14.7. The molecule has 3 rings (SSSR count). The third-order valence-corrected chi connectivity index (χ3v) is 4.56. The Morgan fingerprint density at radius 1 is 1.44 bits per heavy atom. The molecular weight excluding hydrogens is 320 g/mol. The molecule has 0 radical (unpaired) electrons. The fourth-order valence-corrected chi connectivity index (χ4v) is 3.35. The minimum Gasteiger partial charge on any atom is -0.359 e. The lowest BCUT2D eigenvalue weighted by Crippen LogP contribution is -2.49. The first-order chi connectivity index (χ1) is 12.0. The van der Waals surface area contributed by atoms with Crippen LogP contribution in [0.3, 0.4) is 0 Å². The molecule has 1 aliphatic rings. The number of hydrogen-bond donors (Lipinski definition) is 2. The van der Waals surface area contributed by atoms with Gasteiger partial charge in [-0.1, -0.05) is 12.1 Å². The number of carbonyl (C=O) groups is 1. The summed E-state index contributed by atoms with van der Waals surface area (Å²) >= 11 is 0. The van der Waals surface area contributed by atoms with Crippen molar-refractivity contribution in [2.75, 3.05) is 23.3 Å². The molecule has 1 atom stereocenters. The van der Waals surface area contributed by atoms with E-state index in [1.54, 1.807) is 6.92 Å². The Hall–Kier alpha value is -2.51. The van der Waals surface area contributed by atoms with Crippen LogP contribution in [0.25, 0.3) is 0 Å². The molecule has 0 saturated carbocycles. The Labute approximate surface area is 147 Å². The first-order valence-electron chi connectivity index (χ1n) is 8.76. The summed E-state index contributed by atoms with van der Waals surface area (Å²) in [6, 6.07) is 1.96. The van der Waals surface area contributed by atoms with Gasteiger partial charge in [0, 0.05) is 32.2 Å². The average molecular weight is 346 g/mol. The van der Waals surface area contributed by atoms with Crippen LogP contribution in [-0.4, -0.2) is 40.1 Å². The van der Waals surface area contributed by atoms with Gasteiger partial charge in [-0.15, -0.1) is 0 Å². The van der Waals surface area contributed by atoms with Gasteiger partial charge in [-0.3, -0.25) is 4.68 Å². The second kappa shape index (κ2) is 7.16. The van der Waals surface area contributed by atoms with Crippen LogP contribution in [0, 0.1) is 13.8 Å². The van der Waals surface area contributed by atoms with Crippen LogP contribution in [0.2, 0.25) is 0 Å². The van der Waals surface area contributed by atoms with Crippen LogP contribution >= 0.6 is 0 Å². The molecule has 0 aliphatic carbocycles. The molecule has 1 saturated heterocycles. The predicted molar refractivity (Wildman–Crippen MR) is 96.0 cm³/mol. The molecule has 1 fully saturated rings. The van der Waals surface area contributed by atoms with E-state index >= 15 is 0 Å². The Morgan fingerprint density at radius 3 is 2.92 bits per heavy atom. The number of rotatable bonds is 4. The van der Waals surface area contributed by atoms with E-state index in [-0.39, 0.29) is 12.1 Å². The zero-order valence-corrected chi connectivity index (χ0v) is 15.3. The molecule has 25 heavy (non-hydrogen) atoms. The number of nitrogens with zero attached hydrogens (tertiary/aromatic N) is 4. The largest absolute Gasteiger partial charge is 0.359 e. The standard InChI is InChI=1S/C17H26N6O2/c1-5-14-16(12(3)25-21-14)19-17(24)18-13-7-6-8-23(10-13)15-9-11(2)20-22(15)4/h9,13H,5-8,10H2,1-4H3,(H2,18,19,24)/t13-/m1/s1. The Bertz CT molecular complexity index is 750. The third-order valence-electron chi connectivity index (χ3n) is 4.56. The minimum absolute atomic E-state index is 0.0919. The zero-order chi connectivity index (χ0) is 18.0. The Balaban J connectivity index is 1.61. The summed E-state index contributed by atoms with van der Waals surface area (Å²) in [5.74, 6) is 1.72. The van der Waals surface area contributed by atoms with Crippen molar-refractivity contribution in [2.24, 2.45) is 7.05 Å². The summed E-state index contributed by atoms with van der Waals surface area (Å²) in [6.07, 6.45) is 2.70. The molecular formula is C17H26N6O2. The normalized spacial score (nSPS) is 17.6. The van der Waals surface area contributed by atoms with Crippen molar-refractivity contribution in [3.8, 4) is 0 Å². The minimum atomic E-state index is -0.214. The molecule has 2 aromatic rings. The summed E-state index contributed by atoms with van der Waals surface area (Å²) in [7, 11) is 1.95. The van der Waals surface area contributed by atoms with E-state index in [2.05, 4.69) is 31.9 Å². The fraction of sp³-hybridized carbons (Fsp3) is 0.588. The highest BCUT2D eigenvalue weighted by molar-refractivity contribution is 5.90. The molecule has 0 bridgehead atoms. The Kier molecular flexibility index (Phi) is 4.96. The predicted octanol–water partition coefficient (Wildman–Crippen LogP) is 2.38. The molecule has 2 aromatic heterocycles. The maximum Gasteiger partial charge on any atom is 0.319 e. The molecule has 1 aliphatic heterocycles. The van der Waals surface area contributed by atoms with Gasteiger partial charge in [-0.25, -0.2) is 4.79 Å². The second-order valence-electron chi connectivity index (χ2n) is 6.57. The average Bonchev–Trinajstić information content (AvgIpc) is 3.10. The quantitative estimate of drug-likeness (QED) is 0.887. The van der Waals surface area contributed by atoms with Gasteiger partial charge in [0.1, 0.15) is 17.2 Å². The van der Waals surface area contributed by atoms with Crippen molar-refractivity contribution in [3.05, 3.63) is 23.2 Å². The number of hydrogen-bond acceptors (Lipinski definition) is 5. The van der Waals surface area contributed by atoms with Gasteiger partial charge in [0.15, 0.2) is 5.76 Å². The van der Waals surface area contributed by atoms with Crippen molar-refractivity contribution in [1.82, 2.24) is 20.3 Å². The summed E-state index contributed by atoms with van der Waals surface area (Å²) in [5, 5.41) is 14.3. The smallest absolute Gasteiger partial charge is 0.319 e. The summed E-state index contributed by atoms with van der Waals surface area (Å²) in [6.45, 7) is 7.52. The van der Waals surface area contributed by atoms with E-state index < -0.39 is 0 Å². The van der Waals surface area contributed by atoms with Gasteiger partial charge in [0.2, 0.25) is 0 Å². The van der Waals surface area contributed by atoms with Crippen LogP contribution in [0.15, 0.2) is 10.6 Å². The SMILES string of the molecule is CCc1noc(C)c1NC(=O)N[C@@H]1CCCN(c2cc(C)nn2C)C1. The van der Waals surface area contributed by atoms with E-state index in [9.17, 15) is 4.79 Å². The molecule has 0 aromatic carbocycles. The van der Waals surface area contributed by atoms with Gasteiger partial charge >= 0.3 is 6.03 Å². The van der Waals surface area contributed by atoms with Crippen molar-refractivity contribution >= 4 is 17.5 Å². The lowest BCUT2D eigenvalue weighted by atomic mass is 10.1. The number of anilines is 2. The highest BCUT2D eigenvalue weighted by atomic mass is 16.5. The number of aromatic nitrogens is 3. The maximum absolute atomic E-state index is 12.4. The van der Waals surface area contributed by atoms with Gasteiger partial charge in [0.05, 0.1) is 5.69 Å². The van der Waals surface area contributed by atoms with Gasteiger partial charge in [-0.05, 0) is 33.1 Å². The lowest BCUT2D eigenvalue weighted by molar-refractivity contribution is 0.246. The molecule has 136 valence electrons. The third kappa shape index (κ3) is 3.78. The van der Waals surface area contributed by atoms with Gasteiger partial charge in [0.25, 0.3) is 0 Å². The van der Waals surface area contributed by atoms with Crippen molar-refractivity contribution in [3.63, 3.8) is 0 Å². The molecule has 8 nitrogen and oxygen atoms in total. The molecule has 3 heterocycles. The number of carbonyl (C=O) groups excluding carboxylic acids is 1. The highest BCUT2D eigenvalue weighted by Crippen LogP contribution is 2.22. The van der Waals surface area contributed by atoms with Gasteiger partial charge in [-0.2, -0.15) is 5.10 Å². The van der Waals surface area contributed by atoms with Crippen molar-refractivity contribution in [1.29, 1.82) is 0 Å². The maximum atomic E-state index is 12.4. The van der Waals surface area contributed by atoms with Crippen molar-refractivity contribution < 1.29 is 9.32 Å². The van der Waals surface area contributed by atoms with Crippen LogP contribution in [0.4, 0.5) is 16.3 Å². The van der Waals surface area contributed by atoms with E-state index in [0.717, 1.165) is 43.1 Å². The van der Waals surface area contributed by atoms with Crippen LogP contribution < -0.4 is 15.5 Å². The first-order valence-corrected chi connectivity index (χ1v) is 8.76. The van der Waals surface area contributed by atoms with Gasteiger partial charge < -0.3 is 20.1 Å². The van der Waals surface area contributed by atoms with E-state index in [1.165, 1.54) is 0 Å². The fourth-order valence-electron chi connectivity index (χ4n) is 3.35. The van der Waals surface area contributed by atoms with E-state index in [1.807, 2.05) is 25.6 Å². The number of amides is 2. The number of nitrogens with one attached hydrogen (secondary N) is 2. The summed E-state index contributed by atoms with van der Waals surface area (Å²) in [5.41, 5.74) is 2.44. The highest BCUT2D eigenvalue weighted by Gasteiger charge is 2.24. The monoisotopic (exact) mass is 346 g/mol. The molecule has 2 N–H and O–H groups in total. The van der Waals surface area contributed by atoms with Crippen LogP contribution in [-0.2, 0) is 13.5 Å². The molecule has 8 heteroatoms. The lowest BCUT2D eigenvalue weighted by Gasteiger charge is -2.34. The Morgan fingerprint density at radius 2 is 2.24 bits per heavy atom. The second-order valence-corrected chi connectivity index (χ2v) is 6.57. The topological polar surface area (TPSA) is 88.2 Å². The molecule has 2 amide bonds. The van der Waals surface area contributed by atoms with E-state index in [4.69, 9.17) is 4.52 Å². The number of aryl methyl sites for hydroxylation is 4. The zero-order valence-electron chi connectivity index (χ0n) is 15.3. The van der Waals surface area contributed by atoms with E-state index in [0.29, 0.717) is 17.9 Å². The van der Waals surface area contributed by atoms with Crippen molar-refractivity contribution in [2.45, 2.75) is 46.1 Å².